The highest BCUT2D eigenvalue weighted by atomic mass is 19.3. The van der Waals surface area contributed by atoms with Crippen LogP contribution in [0.3, 0.4) is 0 Å². The molecule has 0 aliphatic heterocycles. The van der Waals surface area contributed by atoms with Crippen LogP contribution in [0.15, 0.2) is 12.1 Å². The van der Waals surface area contributed by atoms with Gasteiger partial charge in [0.25, 0.3) is 5.92 Å². The smallest absolute Gasteiger partial charge is 0.252 e. The molecule has 1 saturated carbocycles. The molecule has 2 rings (SSSR count). The summed E-state index contributed by atoms with van der Waals surface area (Å²) in [6, 6.07) is 2.05. The van der Waals surface area contributed by atoms with Crippen LogP contribution in [0.5, 0.6) is 5.75 Å². The van der Waals surface area contributed by atoms with Crippen molar-refractivity contribution in [3.63, 3.8) is 0 Å². The summed E-state index contributed by atoms with van der Waals surface area (Å²) in [4.78, 5) is 0. The zero-order chi connectivity index (χ0) is 12.8. The van der Waals surface area contributed by atoms with Crippen molar-refractivity contribution in [2.45, 2.75) is 24.3 Å². The van der Waals surface area contributed by atoms with E-state index in [-0.39, 0.29) is 5.56 Å². The summed E-state index contributed by atoms with van der Waals surface area (Å²) >= 11 is 0. The van der Waals surface area contributed by atoms with Gasteiger partial charge in [0, 0.05) is 18.4 Å². The lowest BCUT2D eigenvalue weighted by atomic mass is 9.69. The SMILES string of the molecule is COc1c(C2(N)CC(F)(F)C2)ccc(F)c1F. The first-order valence-corrected chi connectivity index (χ1v) is 4.98. The van der Waals surface area contributed by atoms with Gasteiger partial charge in [0.15, 0.2) is 11.6 Å². The molecule has 0 aromatic heterocycles. The Labute approximate surface area is 95.4 Å². The summed E-state index contributed by atoms with van der Waals surface area (Å²) in [7, 11) is 1.14. The second-order valence-corrected chi connectivity index (χ2v) is 4.31. The molecule has 2 nitrogen and oxygen atoms in total. The minimum Gasteiger partial charge on any atom is -0.493 e. The largest absolute Gasteiger partial charge is 0.493 e. The summed E-state index contributed by atoms with van der Waals surface area (Å²) in [5, 5.41) is 0. The molecule has 2 N–H and O–H groups in total. The van der Waals surface area contributed by atoms with Crippen molar-refractivity contribution in [1.82, 2.24) is 0 Å². The Hall–Kier alpha value is -1.30. The van der Waals surface area contributed by atoms with E-state index in [0.29, 0.717) is 0 Å². The molecule has 0 atom stereocenters. The van der Waals surface area contributed by atoms with Gasteiger partial charge in [-0.25, -0.2) is 13.2 Å². The van der Waals surface area contributed by atoms with Crippen molar-refractivity contribution in [2.24, 2.45) is 5.73 Å². The molecular formula is C11H11F4NO. The zero-order valence-corrected chi connectivity index (χ0v) is 9.07. The Kier molecular flexibility index (Phi) is 2.57. The van der Waals surface area contributed by atoms with E-state index in [1.54, 1.807) is 0 Å². The van der Waals surface area contributed by atoms with Gasteiger partial charge in [-0.2, -0.15) is 4.39 Å². The molecule has 0 saturated heterocycles. The topological polar surface area (TPSA) is 35.2 Å². The Morgan fingerprint density at radius 1 is 1.24 bits per heavy atom. The standard InChI is InChI=1S/C11H11F4NO/c1-17-9-6(2-3-7(12)8(9)13)10(16)4-11(14,15)5-10/h2-3H,4-5,16H2,1H3. The maximum Gasteiger partial charge on any atom is 0.252 e. The maximum absolute atomic E-state index is 13.4. The molecule has 17 heavy (non-hydrogen) atoms. The maximum atomic E-state index is 13.4. The van der Waals surface area contributed by atoms with Gasteiger partial charge in [-0.15, -0.1) is 0 Å². The van der Waals surface area contributed by atoms with Crippen molar-refractivity contribution < 1.29 is 22.3 Å². The minimum atomic E-state index is -2.86. The lowest BCUT2D eigenvalue weighted by Crippen LogP contribution is -2.55. The molecule has 0 radical (unpaired) electrons. The zero-order valence-electron chi connectivity index (χ0n) is 9.07. The Morgan fingerprint density at radius 2 is 1.82 bits per heavy atom. The molecule has 94 valence electrons. The van der Waals surface area contributed by atoms with Gasteiger partial charge in [0.2, 0.25) is 5.82 Å². The Balaban J connectivity index is 2.44. The van der Waals surface area contributed by atoms with Gasteiger partial charge in [0.05, 0.1) is 12.6 Å². The van der Waals surface area contributed by atoms with Crippen LogP contribution in [-0.2, 0) is 5.54 Å². The molecule has 0 amide bonds. The predicted molar refractivity (Wildman–Crippen MR) is 53.0 cm³/mol. The van der Waals surface area contributed by atoms with Crippen LogP contribution < -0.4 is 10.5 Å². The summed E-state index contributed by atoms with van der Waals surface area (Å²) < 4.78 is 56.8. The highest BCUT2D eigenvalue weighted by molar-refractivity contribution is 5.43. The van der Waals surface area contributed by atoms with Crippen LogP contribution >= 0.6 is 0 Å². The predicted octanol–water partition coefficient (Wildman–Crippen LogP) is 2.56. The van der Waals surface area contributed by atoms with E-state index in [1.165, 1.54) is 6.07 Å². The van der Waals surface area contributed by atoms with Crippen LogP contribution in [-0.4, -0.2) is 13.0 Å². The first-order chi connectivity index (χ1) is 7.79. The molecule has 6 heteroatoms. The van der Waals surface area contributed by atoms with Gasteiger partial charge in [-0.1, -0.05) is 6.07 Å². The molecule has 0 spiro atoms. The van der Waals surface area contributed by atoms with E-state index >= 15 is 0 Å². The van der Waals surface area contributed by atoms with Gasteiger partial charge in [-0.05, 0) is 6.07 Å². The van der Waals surface area contributed by atoms with Crippen molar-refractivity contribution in [2.75, 3.05) is 7.11 Å². The van der Waals surface area contributed by atoms with Gasteiger partial charge < -0.3 is 10.5 Å². The number of halogens is 4. The molecule has 1 aliphatic carbocycles. The fourth-order valence-corrected chi connectivity index (χ4v) is 2.19. The number of benzene rings is 1. The highest BCUT2D eigenvalue weighted by Gasteiger charge is 2.56. The fraction of sp³-hybridized carbons (Fsp3) is 0.455. The number of rotatable bonds is 2. The molecular weight excluding hydrogens is 238 g/mol. The fourth-order valence-electron chi connectivity index (χ4n) is 2.19. The molecule has 0 unspecified atom stereocenters. The normalized spacial score (nSPS) is 20.8. The number of hydrogen-bond donors (Lipinski definition) is 1. The van der Waals surface area contributed by atoms with E-state index in [0.717, 1.165) is 13.2 Å². The molecule has 1 aromatic carbocycles. The van der Waals surface area contributed by atoms with Crippen molar-refractivity contribution in [3.8, 4) is 5.75 Å². The second-order valence-electron chi connectivity index (χ2n) is 4.31. The Bertz CT molecular complexity index is 453. The van der Waals surface area contributed by atoms with Crippen LogP contribution in [0.1, 0.15) is 18.4 Å². The monoisotopic (exact) mass is 249 g/mol. The second kappa shape index (κ2) is 3.60. The van der Waals surface area contributed by atoms with Crippen LogP contribution in [0.2, 0.25) is 0 Å². The lowest BCUT2D eigenvalue weighted by Gasteiger charge is -2.45. The van der Waals surface area contributed by atoms with Crippen molar-refractivity contribution in [1.29, 1.82) is 0 Å². The van der Waals surface area contributed by atoms with Crippen LogP contribution in [0, 0.1) is 11.6 Å². The average Bonchev–Trinajstić information content (AvgIpc) is 2.18. The van der Waals surface area contributed by atoms with Crippen LogP contribution in [0.4, 0.5) is 17.6 Å². The minimum absolute atomic E-state index is 0.0739. The molecule has 1 fully saturated rings. The average molecular weight is 249 g/mol. The van der Waals surface area contributed by atoms with Gasteiger partial charge in [0.1, 0.15) is 0 Å². The van der Waals surface area contributed by atoms with Gasteiger partial charge in [-0.3, -0.25) is 0 Å². The van der Waals surface area contributed by atoms with Crippen molar-refractivity contribution >= 4 is 0 Å². The third-order valence-corrected chi connectivity index (χ3v) is 2.94. The molecule has 0 heterocycles. The third kappa shape index (κ3) is 1.86. The summed E-state index contributed by atoms with van der Waals surface area (Å²) in [6.45, 7) is 0. The number of methoxy groups -OCH3 is 1. The van der Waals surface area contributed by atoms with Gasteiger partial charge >= 0.3 is 0 Å². The van der Waals surface area contributed by atoms with Crippen LogP contribution in [0.25, 0.3) is 0 Å². The third-order valence-electron chi connectivity index (χ3n) is 2.94. The highest BCUT2D eigenvalue weighted by Crippen LogP contribution is 2.52. The van der Waals surface area contributed by atoms with E-state index < -0.39 is 41.7 Å². The number of alkyl halides is 2. The number of hydrogen-bond acceptors (Lipinski definition) is 2. The van der Waals surface area contributed by atoms with E-state index in [9.17, 15) is 17.6 Å². The van der Waals surface area contributed by atoms with E-state index in [4.69, 9.17) is 10.5 Å². The molecule has 0 bridgehead atoms. The number of ether oxygens (including phenoxy) is 1. The number of nitrogens with two attached hydrogens (primary N) is 1. The van der Waals surface area contributed by atoms with E-state index in [1.807, 2.05) is 0 Å². The molecule has 1 aliphatic rings. The summed E-state index contributed by atoms with van der Waals surface area (Å²) in [6.07, 6.45) is -1.19. The first-order valence-electron chi connectivity index (χ1n) is 4.98. The Morgan fingerprint density at radius 3 is 2.29 bits per heavy atom. The van der Waals surface area contributed by atoms with Crippen molar-refractivity contribution in [3.05, 3.63) is 29.3 Å². The van der Waals surface area contributed by atoms with E-state index in [2.05, 4.69) is 0 Å². The summed E-state index contributed by atoms with van der Waals surface area (Å²) in [5.41, 5.74) is 4.46. The summed E-state index contributed by atoms with van der Waals surface area (Å²) in [5.74, 6) is -5.56. The first kappa shape index (κ1) is 12.2. The molecule has 1 aromatic rings. The lowest BCUT2D eigenvalue weighted by molar-refractivity contribution is -0.125. The quantitative estimate of drug-likeness (QED) is 0.817.